The maximum Gasteiger partial charge on any atom is 0.358 e. The number of aryl methyl sites for hydroxylation is 1. The van der Waals surface area contributed by atoms with Crippen LogP contribution in [0.4, 0.5) is 0 Å². The quantitative estimate of drug-likeness (QED) is 0.373. The van der Waals surface area contributed by atoms with Crippen molar-refractivity contribution in [2.24, 2.45) is 0 Å². The van der Waals surface area contributed by atoms with Gasteiger partial charge in [-0.2, -0.15) is 0 Å². The molecule has 36 heavy (non-hydrogen) atoms. The van der Waals surface area contributed by atoms with Gasteiger partial charge in [-0.1, -0.05) is 60.7 Å². The Morgan fingerprint density at radius 1 is 1.08 bits per heavy atom. The van der Waals surface area contributed by atoms with Crippen molar-refractivity contribution in [3.05, 3.63) is 88.7 Å². The molecule has 0 aliphatic carbocycles. The number of nitrogens with one attached hydrogen (secondary N) is 1. The SMILES string of the molecule is CCOC(=O)c1[nH]c(C)c(Cc2ccccc2)c1OCC(O)CN1CCC(O)(c2ccccc2)CC1. The zero-order valence-electron chi connectivity index (χ0n) is 21.1. The number of aliphatic hydroxyl groups excluding tert-OH is 1. The molecule has 1 aromatic heterocycles. The first-order valence-corrected chi connectivity index (χ1v) is 12.6. The summed E-state index contributed by atoms with van der Waals surface area (Å²) in [6.45, 7) is 5.77. The van der Waals surface area contributed by atoms with Crippen LogP contribution in [0, 0.1) is 6.92 Å². The fourth-order valence-electron chi connectivity index (χ4n) is 4.83. The van der Waals surface area contributed by atoms with Gasteiger partial charge in [-0.05, 0) is 37.8 Å². The summed E-state index contributed by atoms with van der Waals surface area (Å²) in [5.41, 5.74) is 3.19. The number of carbonyl (C=O) groups excluding carboxylic acids is 1. The number of aromatic nitrogens is 1. The highest BCUT2D eigenvalue weighted by atomic mass is 16.5. The van der Waals surface area contributed by atoms with Crippen LogP contribution < -0.4 is 4.74 Å². The lowest BCUT2D eigenvalue weighted by Crippen LogP contribution is -2.46. The predicted molar refractivity (Wildman–Crippen MR) is 138 cm³/mol. The molecule has 1 fully saturated rings. The van der Waals surface area contributed by atoms with Gasteiger partial charge in [0.15, 0.2) is 11.4 Å². The molecule has 1 saturated heterocycles. The van der Waals surface area contributed by atoms with Gasteiger partial charge in [0.25, 0.3) is 0 Å². The van der Waals surface area contributed by atoms with Crippen LogP contribution in [0.15, 0.2) is 60.7 Å². The zero-order valence-corrected chi connectivity index (χ0v) is 21.1. The van der Waals surface area contributed by atoms with Crippen LogP contribution >= 0.6 is 0 Å². The molecule has 3 aromatic rings. The zero-order chi connectivity index (χ0) is 25.5. The van der Waals surface area contributed by atoms with Gasteiger partial charge < -0.3 is 29.6 Å². The Hall–Kier alpha value is -3.13. The molecule has 0 spiro atoms. The number of rotatable bonds is 10. The molecule has 0 saturated carbocycles. The van der Waals surface area contributed by atoms with Crippen LogP contribution in [0.1, 0.15) is 52.6 Å². The molecule has 0 amide bonds. The number of nitrogens with zero attached hydrogens (tertiary/aromatic N) is 1. The number of hydrogen-bond acceptors (Lipinski definition) is 6. The van der Waals surface area contributed by atoms with E-state index in [1.165, 1.54) is 0 Å². The molecule has 2 aromatic carbocycles. The minimum Gasteiger partial charge on any atom is -0.488 e. The van der Waals surface area contributed by atoms with Crippen molar-refractivity contribution in [3.8, 4) is 5.75 Å². The largest absolute Gasteiger partial charge is 0.488 e. The van der Waals surface area contributed by atoms with E-state index in [-0.39, 0.29) is 18.9 Å². The summed E-state index contributed by atoms with van der Waals surface area (Å²) in [4.78, 5) is 17.9. The topological polar surface area (TPSA) is 95.0 Å². The lowest BCUT2D eigenvalue weighted by molar-refractivity contribution is -0.0372. The van der Waals surface area contributed by atoms with E-state index in [0.717, 1.165) is 22.4 Å². The molecule has 7 heteroatoms. The third-order valence-electron chi connectivity index (χ3n) is 6.85. The maximum absolute atomic E-state index is 12.6. The summed E-state index contributed by atoms with van der Waals surface area (Å²) < 4.78 is 11.3. The number of hydrogen-bond donors (Lipinski definition) is 3. The average Bonchev–Trinajstić information content (AvgIpc) is 3.20. The summed E-state index contributed by atoms with van der Waals surface area (Å²) in [7, 11) is 0. The van der Waals surface area contributed by atoms with E-state index in [9.17, 15) is 15.0 Å². The summed E-state index contributed by atoms with van der Waals surface area (Å²) in [5, 5.41) is 21.8. The number of esters is 1. The molecule has 2 heterocycles. The fourth-order valence-corrected chi connectivity index (χ4v) is 4.83. The highest BCUT2D eigenvalue weighted by Gasteiger charge is 2.34. The van der Waals surface area contributed by atoms with Crippen molar-refractivity contribution in [1.82, 2.24) is 9.88 Å². The van der Waals surface area contributed by atoms with Crippen LogP contribution in [0.3, 0.4) is 0 Å². The predicted octanol–water partition coefficient (Wildman–Crippen LogP) is 3.81. The Bertz CT molecular complexity index is 1120. The third kappa shape index (κ3) is 6.16. The Labute approximate surface area is 212 Å². The molecule has 0 bridgehead atoms. The van der Waals surface area contributed by atoms with E-state index in [0.29, 0.717) is 44.6 Å². The number of benzene rings is 2. The molecule has 0 radical (unpaired) electrons. The lowest BCUT2D eigenvalue weighted by atomic mass is 9.84. The first kappa shape index (κ1) is 25.9. The van der Waals surface area contributed by atoms with Gasteiger partial charge in [-0.3, -0.25) is 0 Å². The van der Waals surface area contributed by atoms with Crippen molar-refractivity contribution in [2.75, 3.05) is 32.8 Å². The van der Waals surface area contributed by atoms with Crippen LogP contribution in [0.25, 0.3) is 0 Å². The van der Waals surface area contributed by atoms with Gasteiger partial charge >= 0.3 is 5.97 Å². The number of aliphatic hydroxyl groups is 2. The van der Waals surface area contributed by atoms with Crippen LogP contribution in [-0.4, -0.2) is 65.0 Å². The Morgan fingerprint density at radius 2 is 1.72 bits per heavy atom. The van der Waals surface area contributed by atoms with Gasteiger partial charge in [-0.25, -0.2) is 4.79 Å². The minimum atomic E-state index is -0.831. The molecule has 192 valence electrons. The molecule has 3 N–H and O–H groups in total. The van der Waals surface area contributed by atoms with Gasteiger partial charge in [0.2, 0.25) is 0 Å². The van der Waals surface area contributed by atoms with Gasteiger partial charge in [0.1, 0.15) is 12.7 Å². The van der Waals surface area contributed by atoms with Crippen molar-refractivity contribution < 1.29 is 24.5 Å². The summed E-state index contributed by atoms with van der Waals surface area (Å²) in [6, 6.07) is 19.7. The second-order valence-corrected chi connectivity index (χ2v) is 9.48. The normalized spacial score (nSPS) is 16.4. The van der Waals surface area contributed by atoms with Crippen molar-refractivity contribution in [2.45, 2.75) is 44.8 Å². The van der Waals surface area contributed by atoms with Crippen LogP contribution in [-0.2, 0) is 16.8 Å². The van der Waals surface area contributed by atoms with Gasteiger partial charge in [0.05, 0.1) is 12.2 Å². The molecule has 1 atom stereocenters. The monoisotopic (exact) mass is 492 g/mol. The molecular formula is C29H36N2O5. The fraction of sp³-hybridized carbons (Fsp3) is 0.414. The van der Waals surface area contributed by atoms with Crippen molar-refractivity contribution in [1.29, 1.82) is 0 Å². The van der Waals surface area contributed by atoms with E-state index in [1.54, 1.807) is 6.92 Å². The van der Waals surface area contributed by atoms with Crippen molar-refractivity contribution in [3.63, 3.8) is 0 Å². The number of ether oxygens (including phenoxy) is 2. The van der Waals surface area contributed by atoms with E-state index in [1.807, 2.05) is 67.6 Å². The molecular weight excluding hydrogens is 456 g/mol. The molecule has 7 nitrogen and oxygen atoms in total. The summed E-state index contributed by atoms with van der Waals surface area (Å²) >= 11 is 0. The van der Waals surface area contributed by atoms with Crippen molar-refractivity contribution >= 4 is 5.97 Å². The highest BCUT2D eigenvalue weighted by molar-refractivity contribution is 5.91. The molecule has 1 unspecified atom stereocenters. The molecule has 4 rings (SSSR count). The maximum atomic E-state index is 12.6. The van der Waals surface area contributed by atoms with E-state index < -0.39 is 17.7 Å². The Morgan fingerprint density at radius 3 is 2.36 bits per heavy atom. The number of piperidine rings is 1. The second kappa shape index (κ2) is 11.7. The third-order valence-corrected chi connectivity index (χ3v) is 6.85. The second-order valence-electron chi connectivity index (χ2n) is 9.48. The average molecular weight is 493 g/mol. The minimum absolute atomic E-state index is 0.0466. The van der Waals surface area contributed by atoms with Crippen LogP contribution in [0.5, 0.6) is 5.75 Å². The number of likely N-dealkylation sites (tertiary alicyclic amines) is 1. The first-order valence-electron chi connectivity index (χ1n) is 12.6. The number of carbonyl (C=O) groups is 1. The summed E-state index contributed by atoms with van der Waals surface area (Å²) in [5.74, 6) is -0.0356. The number of aromatic amines is 1. The van der Waals surface area contributed by atoms with Gasteiger partial charge in [-0.15, -0.1) is 0 Å². The van der Waals surface area contributed by atoms with E-state index >= 15 is 0 Å². The Balaban J connectivity index is 1.39. The lowest BCUT2D eigenvalue weighted by Gasteiger charge is -2.39. The molecule has 1 aliphatic heterocycles. The highest BCUT2D eigenvalue weighted by Crippen LogP contribution is 2.33. The number of H-pyrrole nitrogens is 1. The summed E-state index contributed by atoms with van der Waals surface area (Å²) in [6.07, 6.45) is 1.06. The van der Waals surface area contributed by atoms with Crippen LogP contribution in [0.2, 0.25) is 0 Å². The Kier molecular flexibility index (Phi) is 8.46. The smallest absolute Gasteiger partial charge is 0.358 e. The molecule has 1 aliphatic rings. The standard InChI is InChI=1S/C29H36N2O5/c1-3-35-28(33)26-27(25(21(2)30-26)18-22-10-6-4-7-11-22)36-20-24(32)19-31-16-14-29(34,15-17-31)23-12-8-5-9-13-23/h4-13,24,30,32,34H,3,14-20H2,1-2H3. The first-order chi connectivity index (χ1) is 17.4. The van der Waals surface area contributed by atoms with Gasteiger partial charge in [0, 0.05) is 37.3 Å². The van der Waals surface area contributed by atoms with E-state index in [4.69, 9.17) is 9.47 Å². The number of β-amino-alcohol motifs (C(OH)–C–C–N with tert-alkyl or cyclic N) is 1. The van der Waals surface area contributed by atoms with E-state index in [2.05, 4.69) is 9.88 Å².